The molecule has 0 bridgehead atoms. The molecule has 0 saturated carbocycles. The summed E-state index contributed by atoms with van der Waals surface area (Å²) in [4.78, 5) is 12.5. The van der Waals surface area contributed by atoms with E-state index < -0.39 is 0 Å². The van der Waals surface area contributed by atoms with Gasteiger partial charge in [-0.1, -0.05) is 19.4 Å². The monoisotopic (exact) mass is 368 g/mol. The lowest BCUT2D eigenvalue weighted by Gasteiger charge is -2.15. The lowest BCUT2D eigenvalue weighted by atomic mass is 10.00. The topological polar surface area (TPSA) is 44.8 Å². The maximum atomic E-state index is 12.5. The predicted octanol–water partition coefficient (Wildman–Crippen LogP) is 5.34. The fraction of sp³-hybridized carbons (Fsp3) is 0.348. The van der Waals surface area contributed by atoms with Crippen molar-refractivity contribution in [2.75, 3.05) is 20.3 Å². The van der Waals surface area contributed by atoms with E-state index in [4.69, 9.17) is 14.2 Å². The van der Waals surface area contributed by atoms with E-state index in [-0.39, 0.29) is 5.78 Å². The van der Waals surface area contributed by atoms with Crippen LogP contribution in [0.1, 0.15) is 48.7 Å². The molecule has 0 aliphatic heterocycles. The average Bonchev–Trinajstić information content (AvgIpc) is 2.69. The molecule has 144 valence electrons. The van der Waals surface area contributed by atoms with E-state index in [9.17, 15) is 4.79 Å². The molecule has 2 aromatic carbocycles. The van der Waals surface area contributed by atoms with Gasteiger partial charge in [0.25, 0.3) is 0 Å². The van der Waals surface area contributed by atoms with Crippen LogP contribution in [0.4, 0.5) is 0 Å². The molecule has 0 fully saturated rings. The van der Waals surface area contributed by atoms with Gasteiger partial charge in [-0.2, -0.15) is 0 Å². The molecule has 0 amide bonds. The Morgan fingerprint density at radius 1 is 0.963 bits per heavy atom. The number of methoxy groups -OCH3 is 1. The zero-order chi connectivity index (χ0) is 19.6. The smallest absolute Gasteiger partial charge is 0.185 e. The van der Waals surface area contributed by atoms with Gasteiger partial charge in [-0.3, -0.25) is 4.79 Å². The second-order valence-corrected chi connectivity index (χ2v) is 6.03. The van der Waals surface area contributed by atoms with Gasteiger partial charge in [0, 0.05) is 17.2 Å². The van der Waals surface area contributed by atoms with Gasteiger partial charge in [-0.25, -0.2) is 0 Å². The number of hydrogen-bond acceptors (Lipinski definition) is 4. The summed E-state index contributed by atoms with van der Waals surface area (Å²) in [6.07, 6.45) is 5.31. The van der Waals surface area contributed by atoms with Gasteiger partial charge in [-0.15, -0.1) is 0 Å². The molecular weight excluding hydrogens is 340 g/mol. The third-order valence-electron chi connectivity index (χ3n) is 4.12. The zero-order valence-electron chi connectivity index (χ0n) is 16.6. The fourth-order valence-corrected chi connectivity index (χ4v) is 2.86. The van der Waals surface area contributed by atoms with Crippen molar-refractivity contribution in [2.24, 2.45) is 0 Å². The molecule has 0 spiro atoms. The first kappa shape index (κ1) is 20.6. The molecule has 0 aliphatic rings. The number of ether oxygens (including phenoxy) is 3. The Bertz CT molecular complexity index is 776. The number of carbonyl (C=O) groups is 1. The molecule has 0 saturated heterocycles. The summed E-state index contributed by atoms with van der Waals surface area (Å²) in [5, 5.41) is 0. The predicted molar refractivity (Wildman–Crippen MR) is 109 cm³/mol. The number of carbonyl (C=O) groups excluding carboxylic acids is 1. The van der Waals surface area contributed by atoms with Crippen LogP contribution in [0.15, 0.2) is 42.5 Å². The Morgan fingerprint density at radius 3 is 2.26 bits per heavy atom. The average molecular weight is 368 g/mol. The van der Waals surface area contributed by atoms with Crippen LogP contribution in [0.2, 0.25) is 0 Å². The molecule has 2 rings (SSSR count). The summed E-state index contributed by atoms with van der Waals surface area (Å²) >= 11 is 0. The van der Waals surface area contributed by atoms with E-state index in [1.807, 2.05) is 32.1 Å². The minimum atomic E-state index is -0.0557. The Hall–Kier alpha value is -2.75. The number of hydrogen-bond donors (Lipinski definition) is 0. The number of rotatable bonds is 10. The van der Waals surface area contributed by atoms with Crippen molar-refractivity contribution >= 4 is 11.9 Å². The Balaban J connectivity index is 2.35. The van der Waals surface area contributed by atoms with E-state index in [1.165, 1.54) is 0 Å². The Kier molecular flexibility index (Phi) is 7.93. The highest BCUT2D eigenvalue weighted by Gasteiger charge is 2.11. The van der Waals surface area contributed by atoms with Crippen LogP contribution >= 0.6 is 0 Å². The van der Waals surface area contributed by atoms with Crippen molar-refractivity contribution in [3.05, 3.63) is 59.2 Å². The maximum absolute atomic E-state index is 12.5. The molecule has 27 heavy (non-hydrogen) atoms. The van der Waals surface area contributed by atoms with Crippen molar-refractivity contribution < 1.29 is 19.0 Å². The molecule has 0 radical (unpaired) electrons. The Morgan fingerprint density at radius 2 is 1.67 bits per heavy atom. The van der Waals surface area contributed by atoms with Crippen molar-refractivity contribution in [1.82, 2.24) is 0 Å². The normalized spacial score (nSPS) is 10.8. The van der Waals surface area contributed by atoms with Crippen molar-refractivity contribution in [2.45, 2.75) is 33.6 Å². The first-order valence-electron chi connectivity index (χ1n) is 9.41. The summed E-state index contributed by atoms with van der Waals surface area (Å²) < 4.78 is 16.6. The molecule has 0 unspecified atom stereocenters. The zero-order valence-corrected chi connectivity index (χ0v) is 16.6. The van der Waals surface area contributed by atoms with Crippen LogP contribution in [0, 0.1) is 0 Å². The van der Waals surface area contributed by atoms with E-state index in [0.717, 1.165) is 41.2 Å². The highest BCUT2D eigenvalue weighted by atomic mass is 16.5. The Labute approximate surface area is 161 Å². The van der Waals surface area contributed by atoms with Crippen LogP contribution in [-0.4, -0.2) is 26.1 Å². The molecule has 0 atom stereocenters. The molecule has 4 heteroatoms. The highest BCUT2D eigenvalue weighted by Crippen LogP contribution is 2.31. The SMILES string of the molecule is CCCc1c(C=CC(=O)c2ccc(OC)cc2)cc(OCC)cc1OCC. The van der Waals surface area contributed by atoms with E-state index >= 15 is 0 Å². The standard InChI is InChI=1S/C23H28O4/c1-5-8-21-18(15-20(26-6-2)16-23(21)27-7-3)11-14-22(24)17-9-12-19(25-4)13-10-17/h9-16H,5-8H2,1-4H3. The van der Waals surface area contributed by atoms with Crippen LogP contribution in [0.25, 0.3) is 6.08 Å². The molecule has 0 aromatic heterocycles. The summed E-state index contributed by atoms with van der Waals surface area (Å²) in [6, 6.07) is 11.0. The second kappa shape index (κ2) is 10.4. The van der Waals surface area contributed by atoms with E-state index in [2.05, 4.69) is 6.92 Å². The maximum Gasteiger partial charge on any atom is 0.185 e. The first-order valence-corrected chi connectivity index (χ1v) is 9.41. The second-order valence-electron chi connectivity index (χ2n) is 6.03. The number of ketones is 1. The lowest BCUT2D eigenvalue weighted by Crippen LogP contribution is -2.02. The highest BCUT2D eigenvalue weighted by molar-refractivity contribution is 6.07. The molecule has 4 nitrogen and oxygen atoms in total. The number of allylic oxidation sites excluding steroid dienone is 1. The third-order valence-corrected chi connectivity index (χ3v) is 4.12. The molecule has 0 N–H and O–H groups in total. The van der Waals surface area contributed by atoms with Gasteiger partial charge >= 0.3 is 0 Å². The number of benzene rings is 2. The van der Waals surface area contributed by atoms with Gasteiger partial charge in [0.15, 0.2) is 5.78 Å². The van der Waals surface area contributed by atoms with E-state index in [1.54, 1.807) is 37.5 Å². The molecule has 0 aliphatic carbocycles. The van der Waals surface area contributed by atoms with Crippen molar-refractivity contribution in [1.29, 1.82) is 0 Å². The van der Waals surface area contributed by atoms with Crippen molar-refractivity contribution in [3.63, 3.8) is 0 Å². The minimum Gasteiger partial charge on any atom is -0.497 e. The summed E-state index contributed by atoms with van der Waals surface area (Å²) in [5.74, 6) is 2.24. The molecule has 2 aromatic rings. The lowest BCUT2D eigenvalue weighted by molar-refractivity contribution is 0.104. The van der Waals surface area contributed by atoms with E-state index in [0.29, 0.717) is 18.8 Å². The molecular formula is C23H28O4. The first-order chi connectivity index (χ1) is 13.1. The van der Waals surface area contributed by atoms with Gasteiger partial charge in [0.05, 0.1) is 20.3 Å². The van der Waals surface area contributed by atoms with Gasteiger partial charge in [-0.05, 0) is 62.2 Å². The summed E-state index contributed by atoms with van der Waals surface area (Å²) in [7, 11) is 1.60. The van der Waals surface area contributed by atoms with Crippen LogP contribution < -0.4 is 14.2 Å². The van der Waals surface area contributed by atoms with Crippen LogP contribution in [-0.2, 0) is 6.42 Å². The van der Waals surface area contributed by atoms with Gasteiger partial charge in [0.2, 0.25) is 0 Å². The van der Waals surface area contributed by atoms with Crippen LogP contribution in [0.5, 0.6) is 17.2 Å². The van der Waals surface area contributed by atoms with Gasteiger partial charge < -0.3 is 14.2 Å². The molecule has 0 heterocycles. The minimum absolute atomic E-state index is 0.0557. The van der Waals surface area contributed by atoms with Gasteiger partial charge in [0.1, 0.15) is 17.2 Å². The quantitative estimate of drug-likeness (QED) is 0.419. The fourth-order valence-electron chi connectivity index (χ4n) is 2.86. The van der Waals surface area contributed by atoms with Crippen molar-refractivity contribution in [3.8, 4) is 17.2 Å². The summed E-state index contributed by atoms with van der Waals surface area (Å²) in [6.45, 7) is 7.20. The van der Waals surface area contributed by atoms with Crippen LogP contribution in [0.3, 0.4) is 0 Å². The largest absolute Gasteiger partial charge is 0.497 e. The third kappa shape index (κ3) is 5.61. The summed E-state index contributed by atoms with van der Waals surface area (Å²) in [5.41, 5.74) is 2.67.